The summed E-state index contributed by atoms with van der Waals surface area (Å²) in [4.78, 5) is 41.2. The Kier molecular flexibility index (Phi) is 3.69. The number of hydrogen-bond donors (Lipinski definition) is 0. The molecule has 6 heteroatoms. The van der Waals surface area contributed by atoms with E-state index in [-0.39, 0.29) is 17.6 Å². The van der Waals surface area contributed by atoms with Gasteiger partial charge in [-0.15, -0.1) is 0 Å². The molecular formula is C25H19N3O3. The van der Waals surface area contributed by atoms with E-state index in [4.69, 9.17) is 0 Å². The SMILES string of the molecule is CC(=O)[C@@H]1[C@H]2C(=O)N(c3ccc4ccccc4c3)C(=O)[C@H]2[C@H]2c3ccccc3C=NN12. The third kappa shape index (κ3) is 2.39. The van der Waals surface area contributed by atoms with E-state index in [1.54, 1.807) is 17.3 Å². The quantitative estimate of drug-likeness (QED) is 0.609. The third-order valence-electron chi connectivity index (χ3n) is 6.70. The standard InChI is InChI=1S/C25H19N3O3/c1-14(29)22-20-21(23-19-9-5-4-8-17(19)13-26-28(22)23)25(31)27(24(20)30)18-11-10-15-6-2-3-7-16(15)12-18/h2-13,20-23H,1H3/t20-,21+,22+,23+/m0/s1. The van der Waals surface area contributed by atoms with Gasteiger partial charge in [0.1, 0.15) is 6.04 Å². The van der Waals surface area contributed by atoms with Crippen molar-refractivity contribution in [1.29, 1.82) is 0 Å². The first-order valence-corrected chi connectivity index (χ1v) is 10.3. The Hall–Kier alpha value is -3.80. The molecule has 31 heavy (non-hydrogen) atoms. The number of hydrazone groups is 1. The largest absolute Gasteiger partial charge is 0.298 e. The minimum absolute atomic E-state index is 0.157. The maximum absolute atomic E-state index is 13.7. The summed E-state index contributed by atoms with van der Waals surface area (Å²) in [5.41, 5.74) is 2.39. The van der Waals surface area contributed by atoms with Gasteiger partial charge in [-0.1, -0.05) is 54.6 Å². The van der Waals surface area contributed by atoms with Crippen molar-refractivity contribution in [2.75, 3.05) is 4.90 Å². The molecular weight excluding hydrogens is 390 g/mol. The van der Waals surface area contributed by atoms with E-state index in [9.17, 15) is 14.4 Å². The summed E-state index contributed by atoms with van der Waals surface area (Å²) in [5, 5.41) is 8.15. The highest BCUT2D eigenvalue weighted by molar-refractivity contribution is 6.24. The van der Waals surface area contributed by atoms with Crippen LogP contribution in [-0.2, 0) is 14.4 Å². The zero-order chi connectivity index (χ0) is 21.3. The van der Waals surface area contributed by atoms with Gasteiger partial charge in [-0.05, 0) is 41.0 Å². The van der Waals surface area contributed by atoms with Gasteiger partial charge in [0, 0.05) is 0 Å². The number of benzene rings is 3. The molecule has 3 aliphatic heterocycles. The monoisotopic (exact) mass is 409 g/mol. The molecule has 2 fully saturated rings. The Morgan fingerprint density at radius 3 is 2.39 bits per heavy atom. The lowest BCUT2D eigenvalue weighted by Gasteiger charge is -2.33. The number of carbonyl (C=O) groups is 3. The van der Waals surface area contributed by atoms with E-state index >= 15 is 0 Å². The Morgan fingerprint density at radius 1 is 0.871 bits per heavy atom. The maximum Gasteiger partial charge on any atom is 0.240 e. The zero-order valence-corrected chi connectivity index (χ0v) is 16.8. The molecule has 0 aliphatic carbocycles. The zero-order valence-electron chi connectivity index (χ0n) is 16.8. The Labute approximate surface area is 178 Å². The van der Waals surface area contributed by atoms with Crippen LogP contribution in [0.5, 0.6) is 0 Å². The predicted molar refractivity (Wildman–Crippen MR) is 117 cm³/mol. The van der Waals surface area contributed by atoms with Gasteiger partial charge >= 0.3 is 0 Å². The summed E-state index contributed by atoms with van der Waals surface area (Å²) in [6.45, 7) is 1.47. The molecule has 3 aromatic carbocycles. The number of imide groups is 1. The fraction of sp³-hybridized carbons (Fsp3) is 0.200. The Morgan fingerprint density at radius 2 is 1.58 bits per heavy atom. The van der Waals surface area contributed by atoms with Crippen LogP contribution in [0.3, 0.4) is 0 Å². The molecule has 0 spiro atoms. The lowest BCUT2D eigenvalue weighted by atomic mass is 9.84. The Bertz CT molecular complexity index is 1310. The average Bonchev–Trinajstić information content (AvgIpc) is 3.26. The van der Waals surface area contributed by atoms with Crippen LogP contribution in [0.4, 0.5) is 5.69 Å². The molecule has 3 heterocycles. The molecule has 3 aromatic rings. The summed E-state index contributed by atoms with van der Waals surface area (Å²) in [6, 6.07) is 19.9. The van der Waals surface area contributed by atoms with Gasteiger partial charge in [0.15, 0.2) is 5.78 Å². The van der Waals surface area contributed by atoms with Gasteiger partial charge in [0.25, 0.3) is 0 Å². The number of ketones is 1. The van der Waals surface area contributed by atoms with Crippen LogP contribution in [0.15, 0.2) is 71.8 Å². The van der Waals surface area contributed by atoms with Gasteiger partial charge in [-0.3, -0.25) is 19.4 Å². The first kappa shape index (κ1) is 18.0. The van der Waals surface area contributed by atoms with E-state index in [0.717, 1.165) is 21.9 Å². The molecule has 2 saturated heterocycles. The number of amides is 2. The first-order valence-electron chi connectivity index (χ1n) is 10.3. The highest BCUT2D eigenvalue weighted by Crippen LogP contribution is 2.52. The van der Waals surface area contributed by atoms with E-state index in [1.807, 2.05) is 60.7 Å². The fourth-order valence-corrected chi connectivity index (χ4v) is 5.39. The Balaban J connectivity index is 1.49. The summed E-state index contributed by atoms with van der Waals surface area (Å²) >= 11 is 0. The van der Waals surface area contributed by atoms with Gasteiger partial charge in [0.2, 0.25) is 11.8 Å². The molecule has 6 nitrogen and oxygen atoms in total. The maximum atomic E-state index is 13.7. The van der Waals surface area contributed by atoms with E-state index in [0.29, 0.717) is 5.69 Å². The number of fused-ring (bicyclic) bond motifs is 6. The van der Waals surface area contributed by atoms with Crippen molar-refractivity contribution >= 4 is 40.3 Å². The molecule has 0 aromatic heterocycles. The van der Waals surface area contributed by atoms with Crippen LogP contribution in [0, 0.1) is 11.8 Å². The fourth-order valence-electron chi connectivity index (χ4n) is 5.39. The molecule has 0 saturated carbocycles. The van der Waals surface area contributed by atoms with Crippen molar-refractivity contribution in [3.63, 3.8) is 0 Å². The topological polar surface area (TPSA) is 70.0 Å². The van der Waals surface area contributed by atoms with Crippen LogP contribution in [0.2, 0.25) is 0 Å². The summed E-state index contributed by atoms with van der Waals surface area (Å²) < 4.78 is 0. The molecule has 0 radical (unpaired) electrons. The van der Waals surface area contributed by atoms with Crippen LogP contribution < -0.4 is 4.90 Å². The minimum atomic E-state index is -0.749. The molecule has 3 aliphatic rings. The lowest BCUT2D eigenvalue weighted by molar-refractivity contribution is -0.129. The van der Waals surface area contributed by atoms with Gasteiger partial charge in [-0.2, -0.15) is 5.10 Å². The second-order valence-electron chi connectivity index (χ2n) is 8.35. The molecule has 0 N–H and O–H groups in total. The number of Topliss-reactive ketones (excluding diaryl/α,β-unsaturated/α-hetero) is 1. The van der Waals surface area contributed by atoms with Crippen molar-refractivity contribution in [1.82, 2.24) is 5.01 Å². The van der Waals surface area contributed by atoms with Gasteiger partial charge in [-0.25, -0.2) is 4.90 Å². The van der Waals surface area contributed by atoms with Crippen molar-refractivity contribution in [2.45, 2.75) is 19.0 Å². The van der Waals surface area contributed by atoms with E-state index in [1.165, 1.54) is 11.8 Å². The molecule has 152 valence electrons. The number of rotatable bonds is 2. The number of anilines is 1. The highest BCUT2D eigenvalue weighted by Gasteiger charge is 2.64. The van der Waals surface area contributed by atoms with Gasteiger partial charge in [0.05, 0.1) is 29.8 Å². The first-order chi connectivity index (χ1) is 15.1. The van der Waals surface area contributed by atoms with Crippen LogP contribution in [0.25, 0.3) is 10.8 Å². The predicted octanol–water partition coefficient (Wildman–Crippen LogP) is 3.31. The van der Waals surface area contributed by atoms with E-state index in [2.05, 4.69) is 5.10 Å². The average molecular weight is 409 g/mol. The smallest absolute Gasteiger partial charge is 0.240 e. The van der Waals surface area contributed by atoms with Crippen molar-refractivity contribution < 1.29 is 14.4 Å². The number of hydrogen-bond acceptors (Lipinski definition) is 5. The normalized spacial score (nSPS) is 26.2. The molecule has 0 bridgehead atoms. The van der Waals surface area contributed by atoms with Crippen molar-refractivity contribution in [3.05, 3.63) is 77.9 Å². The van der Waals surface area contributed by atoms with Crippen LogP contribution in [-0.4, -0.2) is 34.9 Å². The summed E-state index contributed by atoms with van der Waals surface area (Å²) in [7, 11) is 0. The number of nitrogens with zero attached hydrogens (tertiary/aromatic N) is 3. The highest BCUT2D eigenvalue weighted by atomic mass is 16.2. The van der Waals surface area contributed by atoms with E-state index < -0.39 is 23.9 Å². The van der Waals surface area contributed by atoms with Crippen molar-refractivity contribution in [3.8, 4) is 0 Å². The van der Waals surface area contributed by atoms with Crippen LogP contribution >= 0.6 is 0 Å². The molecule has 4 atom stereocenters. The number of carbonyl (C=O) groups excluding carboxylic acids is 3. The second kappa shape index (κ2) is 6.35. The minimum Gasteiger partial charge on any atom is -0.298 e. The van der Waals surface area contributed by atoms with Gasteiger partial charge < -0.3 is 0 Å². The van der Waals surface area contributed by atoms with Crippen molar-refractivity contribution in [2.24, 2.45) is 16.9 Å². The third-order valence-corrected chi connectivity index (χ3v) is 6.70. The second-order valence-corrected chi connectivity index (χ2v) is 8.35. The van der Waals surface area contributed by atoms with Crippen LogP contribution in [0.1, 0.15) is 24.1 Å². The summed E-state index contributed by atoms with van der Waals surface area (Å²) in [5.74, 6) is -2.14. The summed E-state index contributed by atoms with van der Waals surface area (Å²) in [6.07, 6.45) is 1.71. The lowest BCUT2D eigenvalue weighted by Crippen LogP contribution is -2.43. The molecule has 2 amide bonds. The molecule has 6 rings (SSSR count). The molecule has 0 unspecified atom stereocenters.